The van der Waals surface area contributed by atoms with Crippen molar-refractivity contribution in [1.29, 1.82) is 0 Å². The SMILES string of the molecule is COc1ccc(CN(C(=O)c2cc(Br)cn2C)C2CCS(=O)(=O)C2)cc1. The van der Waals surface area contributed by atoms with E-state index in [9.17, 15) is 13.2 Å². The van der Waals surface area contributed by atoms with Crippen molar-refractivity contribution in [2.45, 2.75) is 19.0 Å². The van der Waals surface area contributed by atoms with Crippen LogP contribution >= 0.6 is 15.9 Å². The standard InChI is InChI=1S/C18H21BrN2O4S/c1-20-11-14(19)9-17(20)18(22)21(15-7-8-26(23,24)12-15)10-13-3-5-16(25-2)6-4-13/h3-6,9,11,15H,7-8,10,12H2,1-2H3. The minimum absolute atomic E-state index is 0.0144. The number of ether oxygens (including phenoxy) is 1. The lowest BCUT2D eigenvalue weighted by Crippen LogP contribution is -2.41. The van der Waals surface area contributed by atoms with Crippen LogP contribution in [-0.4, -0.2) is 48.4 Å². The van der Waals surface area contributed by atoms with E-state index < -0.39 is 9.84 Å². The Morgan fingerprint density at radius 2 is 2.04 bits per heavy atom. The monoisotopic (exact) mass is 440 g/mol. The van der Waals surface area contributed by atoms with Gasteiger partial charge in [-0.25, -0.2) is 8.42 Å². The lowest BCUT2D eigenvalue weighted by atomic mass is 10.1. The predicted octanol–water partition coefficient (Wildman–Crippen LogP) is 2.63. The van der Waals surface area contributed by atoms with Crippen molar-refractivity contribution in [1.82, 2.24) is 9.47 Å². The molecule has 1 aromatic carbocycles. The van der Waals surface area contributed by atoms with Crippen LogP contribution < -0.4 is 4.74 Å². The molecule has 1 saturated heterocycles. The molecular formula is C18H21BrN2O4S. The first-order valence-electron chi connectivity index (χ1n) is 8.25. The first-order chi connectivity index (χ1) is 12.3. The molecule has 0 saturated carbocycles. The van der Waals surface area contributed by atoms with Crippen molar-refractivity contribution in [3.63, 3.8) is 0 Å². The van der Waals surface area contributed by atoms with E-state index in [4.69, 9.17) is 4.74 Å². The Labute approximate surface area is 161 Å². The highest BCUT2D eigenvalue weighted by Gasteiger charge is 2.35. The van der Waals surface area contributed by atoms with Gasteiger partial charge in [-0.05, 0) is 46.1 Å². The molecule has 1 unspecified atom stereocenters. The van der Waals surface area contributed by atoms with Crippen LogP contribution in [-0.2, 0) is 23.4 Å². The largest absolute Gasteiger partial charge is 0.497 e. The van der Waals surface area contributed by atoms with Crippen molar-refractivity contribution in [3.8, 4) is 5.75 Å². The second kappa shape index (κ2) is 7.44. The van der Waals surface area contributed by atoms with Crippen LogP contribution in [0, 0.1) is 0 Å². The van der Waals surface area contributed by atoms with E-state index in [0.717, 1.165) is 15.8 Å². The van der Waals surface area contributed by atoms with Gasteiger partial charge in [0.25, 0.3) is 5.91 Å². The maximum atomic E-state index is 13.2. The first-order valence-corrected chi connectivity index (χ1v) is 10.9. The molecule has 0 N–H and O–H groups in total. The Morgan fingerprint density at radius 3 is 2.54 bits per heavy atom. The average molecular weight is 441 g/mol. The molecule has 2 heterocycles. The summed E-state index contributed by atoms with van der Waals surface area (Å²) >= 11 is 3.38. The van der Waals surface area contributed by atoms with Crippen molar-refractivity contribution in [2.24, 2.45) is 7.05 Å². The number of carbonyl (C=O) groups is 1. The zero-order chi connectivity index (χ0) is 18.9. The molecule has 3 rings (SSSR count). The van der Waals surface area contributed by atoms with Crippen LogP contribution in [0.4, 0.5) is 0 Å². The van der Waals surface area contributed by atoms with Crippen LogP contribution in [0.15, 0.2) is 41.0 Å². The number of amides is 1. The molecular weight excluding hydrogens is 420 g/mol. The second-order valence-corrected chi connectivity index (χ2v) is 9.64. The van der Waals surface area contributed by atoms with Crippen molar-refractivity contribution in [3.05, 3.63) is 52.3 Å². The molecule has 8 heteroatoms. The number of carbonyl (C=O) groups excluding carboxylic acids is 1. The first kappa shape index (κ1) is 19.0. The summed E-state index contributed by atoms with van der Waals surface area (Å²) in [5.41, 5.74) is 1.45. The number of halogens is 1. The summed E-state index contributed by atoms with van der Waals surface area (Å²) in [4.78, 5) is 14.8. The summed E-state index contributed by atoms with van der Waals surface area (Å²) in [5, 5.41) is 0. The second-order valence-electron chi connectivity index (χ2n) is 6.49. The number of nitrogens with zero attached hydrogens (tertiary/aromatic N) is 2. The molecule has 1 aliphatic rings. The fourth-order valence-corrected chi connectivity index (χ4v) is 5.45. The fraction of sp³-hybridized carbons (Fsp3) is 0.389. The molecule has 1 amide bonds. The minimum Gasteiger partial charge on any atom is -0.497 e. The van der Waals surface area contributed by atoms with E-state index in [1.807, 2.05) is 30.5 Å². The van der Waals surface area contributed by atoms with Crippen molar-refractivity contribution < 1.29 is 17.9 Å². The third-order valence-corrected chi connectivity index (χ3v) is 6.80. The summed E-state index contributed by atoms with van der Waals surface area (Å²) in [6.07, 6.45) is 2.28. The van der Waals surface area contributed by atoms with Crippen LogP contribution in [0.3, 0.4) is 0 Å². The molecule has 1 atom stereocenters. The molecule has 1 aliphatic heterocycles. The van der Waals surface area contributed by atoms with Gasteiger partial charge in [0.2, 0.25) is 0 Å². The summed E-state index contributed by atoms with van der Waals surface area (Å²) in [7, 11) is 0.305. The van der Waals surface area contributed by atoms with E-state index in [1.54, 1.807) is 29.7 Å². The Hall–Kier alpha value is -1.80. The predicted molar refractivity (Wildman–Crippen MR) is 103 cm³/mol. The van der Waals surface area contributed by atoms with Crippen LogP contribution in [0.25, 0.3) is 0 Å². The van der Waals surface area contributed by atoms with E-state index in [2.05, 4.69) is 15.9 Å². The van der Waals surface area contributed by atoms with Crippen molar-refractivity contribution in [2.75, 3.05) is 18.6 Å². The number of hydrogen-bond donors (Lipinski definition) is 0. The topological polar surface area (TPSA) is 68.6 Å². The highest BCUT2D eigenvalue weighted by Crippen LogP contribution is 2.24. The molecule has 0 spiro atoms. The quantitative estimate of drug-likeness (QED) is 0.716. The summed E-state index contributed by atoms with van der Waals surface area (Å²) in [6, 6.07) is 8.90. The fourth-order valence-electron chi connectivity index (χ4n) is 3.20. The molecule has 140 valence electrons. The minimum atomic E-state index is -3.09. The Bertz CT molecular complexity index is 906. The molecule has 0 aliphatic carbocycles. The number of rotatable bonds is 5. The number of hydrogen-bond acceptors (Lipinski definition) is 4. The Kier molecular flexibility index (Phi) is 5.43. The maximum Gasteiger partial charge on any atom is 0.271 e. The zero-order valence-electron chi connectivity index (χ0n) is 14.7. The highest BCUT2D eigenvalue weighted by atomic mass is 79.9. The number of methoxy groups -OCH3 is 1. The number of benzene rings is 1. The smallest absolute Gasteiger partial charge is 0.271 e. The molecule has 1 fully saturated rings. The van der Waals surface area contributed by atoms with Gasteiger partial charge in [-0.1, -0.05) is 12.1 Å². The number of sulfone groups is 1. The third-order valence-electron chi connectivity index (χ3n) is 4.61. The Balaban J connectivity index is 1.90. The van der Waals surface area contributed by atoms with Crippen LogP contribution in [0.2, 0.25) is 0 Å². The molecule has 0 radical (unpaired) electrons. The third kappa shape index (κ3) is 4.12. The summed E-state index contributed by atoms with van der Waals surface area (Å²) < 4.78 is 31.6. The van der Waals surface area contributed by atoms with Gasteiger partial charge >= 0.3 is 0 Å². The maximum absolute atomic E-state index is 13.2. The molecule has 0 bridgehead atoms. The van der Waals surface area contributed by atoms with Gasteiger partial charge in [0.15, 0.2) is 9.84 Å². The number of aryl methyl sites for hydroxylation is 1. The molecule has 6 nitrogen and oxygen atoms in total. The lowest BCUT2D eigenvalue weighted by molar-refractivity contribution is 0.0671. The van der Waals surface area contributed by atoms with Crippen LogP contribution in [0.5, 0.6) is 5.75 Å². The van der Waals surface area contributed by atoms with Gasteiger partial charge in [0.05, 0.1) is 18.6 Å². The van der Waals surface area contributed by atoms with E-state index >= 15 is 0 Å². The van der Waals surface area contributed by atoms with E-state index in [0.29, 0.717) is 18.7 Å². The normalized spacial score (nSPS) is 18.7. The highest BCUT2D eigenvalue weighted by molar-refractivity contribution is 9.10. The van der Waals surface area contributed by atoms with Gasteiger partial charge in [-0.15, -0.1) is 0 Å². The Morgan fingerprint density at radius 1 is 1.35 bits per heavy atom. The number of aromatic nitrogens is 1. The van der Waals surface area contributed by atoms with Gasteiger partial charge in [-0.3, -0.25) is 4.79 Å². The summed E-state index contributed by atoms with van der Waals surface area (Å²) in [5.74, 6) is 0.707. The van der Waals surface area contributed by atoms with Gasteiger partial charge in [0.1, 0.15) is 11.4 Å². The molecule has 2 aromatic rings. The van der Waals surface area contributed by atoms with Crippen LogP contribution in [0.1, 0.15) is 22.5 Å². The van der Waals surface area contributed by atoms with E-state index in [-0.39, 0.29) is 23.5 Å². The lowest BCUT2D eigenvalue weighted by Gasteiger charge is -2.28. The van der Waals surface area contributed by atoms with E-state index in [1.165, 1.54) is 0 Å². The summed E-state index contributed by atoms with van der Waals surface area (Å²) in [6.45, 7) is 0.353. The zero-order valence-corrected chi connectivity index (χ0v) is 17.1. The van der Waals surface area contributed by atoms with Crippen molar-refractivity contribution >= 4 is 31.7 Å². The van der Waals surface area contributed by atoms with Gasteiger partial charge in [0, 0.05) is 30.3 Å². The van der Waals surface area contributed by atoms with Gasteiger partial charge < -0.3 is 14.2 Å². The molecule has 1 aromatic heterocycles. The molecule has 26 heavy (non-hydrogen) atoms. The average Bonchev–Trinajstić information content (AvgIpc) is 3.13. The van der Waals surface area contributed by atoms with Gasteiger partial charge in [-0.2, -0.15) is 0 Å².